The number of hydrogen-bond acceptors (Lipinski definition) is 5. The predicted octanol–water partition coefficient (Wildman–Crippen LogP) is 3.52. The third kappa shape index (κ3) is 3.45. The van der Waals surface area contributed by atoms with Gasteiger partial charge in [0.25, 0.3) is 0 Å². The van der Waals surface area contributed by atoms with Crippen molar-refractivity contribution in [3.8, 4) is 16.9 Å². The number of carbonyl (C=O) groups is 1. The standard InChI is InChI=1S/C26H27FN4O3/c1-5-22(32)30-13-17(4)31(14-16(30)3)25-20-9-8-19(18-7-6-15(2)12-21(18)27)24-23(20)29(10-11-34-24)26(33)28-25/h5-9,12,16-17H,1,10-11,13-14H2,2-4H3/t16-,17+/m1/s1. The fourth-order valence-corrected chi connectivity index (χ4v) is 5.03. The summed E-state index contributed by atoms with van der Waals surface area (Å²) in [6, 6.07) is 8.67. The van der Waals surface area contributed by atoms with E-state index in [0.29, 0.717) is 54.5 Å². The van der Waals surface area contributed by atoms with Crippen molar-refractivity contribution in [1.29, 1.82) is 0 Å². The number of anilines is 1. The highest BCUT2D eigenvalue weighted by atomic mass is 19.1. The van der Waals surface area contributed by atoms with E-state index in [-0.39, 0.29) is 29.5 Å². The van der Waals surface area contributed by atoms with Crippen LogP contribution in [0.15, 0.2) is 47.8 Å². The molecule has 0 aliphatic carbocycles. The molecule has 0 saturated carbocycles. The molecule has 176 valence electrons. The molecule has 0 spiro atoms. The van der Waals surface area contributed by atoms with E-state index in [1.54, 1.807) is 15.5 Å². The highest BCUT2D eigenvalue weighted by molar-refractivity contribution is 5.99. The van der Waals surface area contributed by atoms with E-state index >= 15 is 0 Å². The molecule has 3 aromatic rings. The number of ether oxygens (including phenoxy) is 1. The molecule has 0 bridgehead atoms. The van der Waals surface area contributed by atoms with Crippen molar-refractivity contribution in [3.05, 3.63) is 64.9 Å². The molecule has 1 amide bonds. The van der Waals surface area contributed by atoms with Crippen molar-refractivity contribution in [3.63, 3.8) is 0 Å². The Labute approximate surface area is 197 Å². The van der Waals surface area contributed by atoms with Crippen molar-refractivity contribution >= 4 is 22.6 Å². The van der Waals surface area contributed by atoms with Crippen LogP contribution >= 0.6 is 0 Å². The molecule has 5 rings (SSSR count). The van der Waals surface area contributed by atoms with Gasteiger partial charge in [0, 0.05) is 41.7 Å². The monoisotopic (exact) mass is 462 g/mol. The molecule has 0 unspecified atom stereocenters. The fraction of sp³-hybridized carbons (Fsp3) is 0.346. The first-order chi connectivity index (χ1) is 16.3. The van der Waals surface area contributed by atoms with Crippen LogP contribution < -0.4 is 15.3 Å². The summed E-state index contributed by atoms with van der Waals surface area (Å²) < 4.78 is 22.5. The van der Waals surface area contributed by atoms with Gasteiger partial charge >= 0.3 is 5.69 Å². The summed E-state index contributed by atoms with van der Waals surface area (Å²) in [5.41, 5.74) is 2.14. The second-order valence-electron chi connectivity index (χ2n) is 9.08. The number of amides is 1. The maximum Gasteiger partial charge on any atom is 0.350 e. The Kier molecular flexibility index (Phi) is 5.38. The Morgan fingerprint density at radius 2 is 1.94 bits per heavy atom. The van der Waals surface area contributed by atoms with Gasteiger partial charge in [-0.1, -0.05) is 18.7 Å². The molecule has 0 radical (unpaired) electrons. The van der Waals surface area contributed by atoms with Crippen LogP contribution in [-0.4, -0.2) is 52.1 Å². The zero-order valence-electron chi connectivity index (χ0n) is 19.5. The van der Waals surface area contributed by atoms with E-state index in [1.165, 1.54) is 12.1 Å². The van der Waals surface area contributed by atoms with Crippen LogP contribution in [0.2, 0.25) is 0 Å². The summed E-state index contributed by atoms with van der Waals surface area (Å²) in [7, 11) is 0. The molecule has 2 aromatic carbocycles. The van der Waals surface area contributed by atoms with Crippen LogP contribution in [0, 0.1) is 12.7 Å². The van der Waals surface area contributed by atoms with Gasteiger partial charge in [0.15, 0.2) is 5.75 Å². The van der Waals surface area contributed by atoms with Gasteiger partial charge in [0.05, 0.1) is 12.1 Å². The van der Waals surface area contributed by atoms with Gasteiger partial charge in [-0.15, -0.1) is 0 Å². The molecule has 34 heavy (non-hydrogen) atoms. The highest BCUT2D eigenvalue weighted by Crippen LogP contribution is 2.41. The van der Waals surface area contributed by atoms with Gasteiger partial charge in [-0.3, -0.25) is 9.36 Å². The first-order valence-corrected chi connectivity index (χ1v) is 11.5. The zero-order chi connectivity index (χ0) is 24.1. The summed E-state index contributed by atoms with van der Waals surface area (Å²) in [6.07, 6.45) is 1.33. The summed E-state index contributed by atoms with van der Waals surface area (Å²) in [6.45, 7) is 11.1. The van der Waals surface area contributed by atoms with E-state index in [1.807, 2.05) is 39.0 Å². The predicted molar refractivity (Wildman–Crippen MR) is 130 cm³/mol. The van der Waals surface area contributed by atoms with Crippen LogP contribution in [0.5, 0.6) is 5.75 Å². The quantitative estimate of drug-likeness (QED) is 0.558. The Morgan fingerprint density at radius 1 is 1.18 bits per heavy atom. The van der Waals surface area contributed by atoms with Gasteiger partial charge in [0.2, 0.25) is 5.91 Å². The number of carbonyl (C=O) groups excluding carboxylic acids is 1. The topological polar surface area (TPSA) is 67.7 Å². The number of aromatic nitrogens is 2. The third-order valence-electron chi connectivity index (χ3n) is 6.77. The van der Waals surface area contributed by atoms with Gasteiger partial charge < -0.3 is 14.5 Å². The van der Waals surface area contributed by atoms with E-state index in [0.717, 1.165) is 10.9 Å². The highest BCUT2D eigenvalue weighted by Gasteiger charge is 2.34. The molecule has 2 atom stereocenters. The minimum absolute atomic E-state index is 0.0624. The smallest absolute Gasteiger partial charge is 0.350 e. The Balaban J connectivity index is 1.68. The summed E-state index contributed by atoms with van der Waals surface area (Å²) in [4.78, 5) is 33.7. The molecular weight excluding hydrogens is 435 g/mol. The van der Waals surface area contributed by atoms with Crippen LogP contribution in [-0.2, 0) is 11.3 Å². The van der Waals surface area contributed by atoms with Gasteiger partial charge in [-0.2, -0.15) is 4.98 Å². The first-order valence-electron chi connectivity index (χ1n) is 11.5. The number of hydrogen-bond donors (Lipinski definition) is 0. The molecule has 1 aromatic heterocycles. The molecule has 1 fully saturated rings. The van der Waals surface area contributed by atoms with Crippen molar-refractivity contribution in [2.75, 3.05) is 24.6 Å². The van der Waals surface area contributed by atoms with Crippen molar-refractivity contribution < 1.29 is 13.9 Å². The van der Waals surface area contributed by atoms with Crippen LogP contribution in [0.4, 0.5) is 10.2 Å². The Morgan fingerprint density at radius 3 is 2.68 bits per heavy atom. The Bertz CT molecular complexity index is 1380. The molecule has 2 aliphatic heterocycles. The lowest BCUT2D eigenvalue weighted by Crippen LogP contribution is -2.58. The molecule has 7 nitrogen and oxygen atoms in total. The molecular formula is C26H27FN4O3. The third-order valence-corrected chi connectivity index (χ3v) is 6.77. The summed E-state index contributed by atoms with van der Waals surface area (Å²) in [5, 5.41) is 0.771. The first kappa shape index (κ1) is 22.1. The lowest BCUT2D eigenvalue weighted by molar-refractivity contribution is -0.128. The van der Waals surface area contributed by atoms with Crippen molar-refractivity contribution in [1.82, 2.24) is 14.5 Å². The lowest BCUT2D eigenvalue weighted by Gasteiger charge is -2.44. The maximum atomic E-state index is 14.9. The van der Waals surface area contributed by atoms with E-state index in [2.05, 4.69) is 16.5 Å². The van der Waals surface area contributed by atoms with Crippen LogP contribution in [0.25, 0.3) is 22.0 Å². The molecule has 0 N–H and O–H groups in total. The average molecular weight is 463 g/mol. The van der Waals surface area contributed by atoms with Crippen molar-refractivity contribution in [2.24, 2.45) is 0 Å². The average Bonchev–Trinajstić information content (AvgIpc) is 2.82. The van der Waals surface area contributed by atoms with Crippen LogP contribution in [0.1, 0.15) is 19.4 Å². The number of halogens is 1. The molecule has 2 aliphatic rings. The number of piperazine rings is 1. The SMILES string of the molecule is C=CC(=O)N1C[C@H](C)N(c2nc(=O)n3c4c(c(-c5ccc(C)cc5F)ccc24)OCC3)C[C@H]1C. The number of benzene rings is 2. The largest absolute Gasteiger partial charge is 0.489 e. The van der Waals surface area contributed by atoms with E-state index in [9.17, 15) is 14.0 Å². The van der Waals surface area contributed by atoms with Gasteiger partial charge in [-0.05, 0) is 50.6 Å². The Hall–Kier alpha value is -3.68. The van der Waals surface area contributed by atoms with Gasteiger partial charge in [0.1, 0.15) is 18.2 Å². The normalized spacial score (nSPS) is 19.8. The summed E-state index contributed by atoms with van der Waals surface area (Å²) in [5.74, 6) is 0.609. The minimum atomic E-state index is -0.363. The van der Waals surface area contributed by atoms with E-state index < -0.39 is 0 Å². The van der Waals surface area contributed by atoms with Crippen molar-refractivity contribution in [2.45, 2.75) is 39.4 Å². The molecule has 8 heteroatoms. The number of nitrogens with zero attached hydrogens (tertiary/aromatic N) is 4. The summed E-state index contributed by atoms with van der Waals surface area (Å²) >= 11 is 0. The second-order valence-corrected chi connectivity index (χ2v) is 9.08. The minimum Gasteiger partial charge on any atom is -0.489 e. The zero-order valence-corrected chi connectivity index (χ0v) is 19.5. The molecule has 3 heterocycles. The van der Waals surface area contributed by atoms with Crippen LogP contribution in [0.3, 0.4) is 0 Å². The number of rotatable bonds is 3. The fourth-order valence-electron chi connectivity index (χ4n) is 5.03. The van der Waals surface area contributed by atoms with E-state index in [4.69, 9.17) is 4.74 Å². The second kappa shape index (κ2) is 8.27. The maximum absolute atomic E-state index is 14.9. The number of aryl methyl sites for hydroxylation is 1. The molecule has 1 saturated heterocycles. The van der Waals surface area contributed by atoms with Gasteiger partial charge in [-0.25, -0.2) is 9.18 Å². The lowest BCUT2D eigenvalue weighted by atomic mass is 9.99.